The summed E-state index contributed by atoms with van der Waals surface area (Å²) in [6, 6.07) is 0. The summed E-state index contributed by atoms with van der Waals surface area (Å²) in [6.45, 7) is 4.00. The maximum atomic E-state index is 11.9. The van der Waals surface area contributed by atoms with E-state index >= 15 is 0 Å². The Morgan fingerprint density at radius 2 is 1.57 bits per heavy atom. The average Bonchev–Trinajstić information content (AvgIpc) is 2.57. The van der Waals surface area contributed by atoms with E-state index < -0.39 is 60.9 Å². The second kappa shape index (κ2) is 10.3. The quantitative estimate of drug-likeness (QED) is 0.413. The Balaban J connectivity index is 3.35. The maximum absolute atomic E-state index is 11.9. The molecule has 0 radical (unpaired) electrons. The van der Waals surface area contributed by atoms with Gasteiger partial charge in [-0.05, 0) is 0 Å². The van der Waals surface area contributed by atoms with Gasteiger partial charge < -0.3 is 28.4 Å². The summed E-state index contributed by atoms with van der Waals surface area (Å²) in [5, 5.41) is 0. The molecule has 1 rings (SSSR count). The van der Waals surface area contributed by atoms with Crippen LogP contribution in [0.1, 0.15) is 27.7 Å². The molecule has 0 aliphatic carbocycles. The van der Waals surface area contributed by atoms with Crippen molar-refractivity contribution in [2.75, 3.05) is 13.7 Å². The van der Waals surface area contributed by atoms with Gasteiger partial charge in [0.25, 0.3) is 0 Å². The van der Waals surface area contributed by atoms with Crippen molar-refractivity contribution in [3.63, 3.8) is 0 Å². The van der Waals surface area contributed by atoms with Crippen LogP contribution in [0.3, 0.4) is 0 Å². The zero-order chi connectivity index (χ0) is 21.4. The van der Waals surface area contributed by atoms with Gasteiger partial charge in [0.05, 0.1) is 7.11 Å². The lowest BCUT2D eigenvalue weighted by atomic mass is 9.98. The molecule has 0 fully saturated rings. The molecule has 0 saturated carbocycles. The Labute approximate surface area is 160 Å². The van der Waals surface area contributed by atoms with E-state index in [1.807, 2.05) is 0 Å². The maximum Gasteiger partial charge on any atom is 0.373 e. The van der Waals surface area contributed by atoms with Crippen molar-refractivity contribution in [1.82, 2.24) is 0 Å². The van der Waals surface area contributed by atoms with E-state index in [-0.39, 0.29) is 5.76 Å². The highest BCUT2D eigenvalue weighted by molar-refractivity contribution is 5.86. The van der Waals surface area contributed by atoms with Crippen molar-refractivity contribution in [3.05, 3.63) is 11.8 Å². The van der Waals surface area contributed by atoms with Gasteiger partial charge in [0.2, 0.25) is 5.76 Å². The molecule has 0 bridgehead atoms. The number of hydrogen-bond acceptors (Lipinski definition) is 11. The standard InChI is InChI=1S/C17H22O11/c1-8(18)24-7-14(26-10(3)20)16-15(27-11(4)21)12(25-9(2)19)6-13(28-16)17(22)23-5/h6,12,14-16H,7H2,1-5H3. The van der Waals surface area contributed by atoms with Crippen molar-refractivity contribution >= 4 is 29.8 Å². The molecular formula is C17H22O11. The smallest absolute Gasteiger partial charge is 0.373 e. The molecule has 0 saturated heterocycles. The molecule has 0 spiro atoms. The van der Waals surface area contributed by atoms with Crippen molar-refractivity contribution in [1.29, 1.82) is 0 Å². The summed E-state index contributed by atoms with van der Waals surface area (Å²) in [5.74, 6) is -4.16. The van der Waals surface area contributed by atoms with Crippen LogP contribution >= 0.6 is 0 Å². The molecule has 0 N–H and O–H groups in total. The fourth-order valence-corrected chi connectivity index (χ4v) is 2.42. The summed E-state index contributed by atoms with van der Waals surface area (Å²) in [6.07, 6.45) is -4.05. The highest BCUT2D eigenvalue weighted by Crippen LogP contribution is 2.28. The minimum absolute atomic E-state index is 0.359. The number of rotatable bonds is 7. The van der Waals surface area contributed by atoms with Gasteiger partial charge in [-0.15, -0.1) is 0 Å². The first-order chi connectivity index (χ1) is 13.0. The highest BCUT2D eigenvalue weighted by atomic mass is 16.6. The summed E-state index contributed by atoms with van der Waals surface area (Å²) < 4.78 is 30.4. The highest BCUT2D eigenvalue weighted by Gasteiger charge is 2.47. The number of hydrogen-bond donors (Lipinski definition) is 0. The molecule has 1 aliphatic rings. The van der Waals surface area contributed by atoms with Crippen molar-refractivity contribution in [2.45, 2.75) is 52.1 Å². The number of carbonyl (C=O) groups is 5. The van der Waals surface area contributed by atoms with E-state index in [2.05, 4.69) is 4.74 Å². The third-order valence-corrected chi connectivity index (χ3v) is 3.35. The van der Waals surface area contributed by atoms with Crippen LogP contribution < -0.4 is 0 Å². The largest absolute Gasteiger partial charge is 0.475 e. The van der Waals surface area contributed by atoms with Gasteiger partial charge in [-0.25, -0.2) is 4.79 Å². The summed E-state index contributed by atoms with van der Waals surface area (Å²) in [7, 11) is 1.10. The van der Waals surface area contributed by atoms with Crippen LogP contribution in [-0.4, -0.2) is 68.0 Å². The molecular weight excluding hydrogens is 380 g/mol. The zero-order valence-corrected chi connectivity index (χ0v) is 16.1. The topological polar surface area (TPSA) is 141 Å². The van der Waals surface area contributed by atoms with Crippen LogP contribution in [0, 0.1) is 0 Å². The van der Waals surface area contributed by atoms with Gasteiger partial charge in [0.15, 0.2) is 24.4 Å². The lowest BCUT2D eigenvalue weighted by Crippen LogP contribution is -2.54. The fourth-order valence-electron chi connectivity index (χ4n) is 2.42. The molecule has 11 heteroatoms. The van der Waals surface area contributed by atoms with Crippen LogP contribution in [0.5, 0.6) is 0 Å². The van der Waals surface area contributed by atoms with Crippen LogP contribution in [-0.2, 0) is 52.4 Å². The van der Waals surface area contributed by atoms with Crippen LogP contribution in [0.4, 0.5) is 0 Å². The minimum Gasteiger partial charge on any atom is -0.475 e. The van der Waals surface area contributed by atoms with Crippen molar-refractivity contribution < 1.29 is 52.4 Å². The lowest BCUT2D eigenvalue weighted by Gasteiger charge is -2.38. The third kappa shape index (κ3) is 6.89. The molecule has 4 atom stereocenters. The molecule has 1 aliphatic heterocycles. The Hall–Kier alpha value is -3.11. The minimum atomic E-state index is -1.34. The fraction of sp³-hybridized carbons (Fsp3) is 0.588. The van der Waals surface area contributed by atoms with Gasteiger partial charge in [-0.1, -0.05) is 0 Å². The SMILES string of the molecule is COC(=O)C1=CC(OC(C)=O)C(OC(C)=O)C(C(COC(C)=O)OC(C)=O)O1. The van der Waals surface area contributed by atoms with E-state index in [1.54, 1.807) is 0 Å². The first kappa shape index (κ1) is 22.9. The number of carbonyl (C=O) groups excluding carboxylic acids is 5. The third-order valence-electron chi connectivity index (χ3n) is 3.35. The Morgan fingerprint density at radius 3 is 2.04 bits per heavy atom. The van der Waals surface area contributed by atoms with Gasteiger partial charge in [-0.2, -0.15) is 0 Å². The van der Waals surface area contributed by atoms with Gasteiger partial charge in [0.1, 0.15) is 6.61 Å². The Morgan fingerprint density at radius 1 is 0.964 bits per heavy atom. The van der Waals surface area contributed by atoms with Gasteiger partial charge in [0, 0.05) is 33.8 Å². The summed E-state index contributed by atoms with van der Waals surface area (Å²) >= 11 is 0. The lowest BCUT2D eigenvalue weighted by molar-refractivity contribution is -0.197. The van der Waals surface area contributed by atoms with E-state index in [4.69, 9.17) is 23.7 Å². The first-order valence-electron chi connectivity index (χ1n) is 8.17. The van der Waals surface area contributed by atoms with Crippen LogP contribution in [0.2, 0.25) is 0 Å². The predicted octanol–water partition coefficient (Wildman–Crippen LogP) is -0.200. The van der Waals surface area contributed by atoms with Crippen molar-refractivity contribution in [2.24, 2.45) is 0 Å². The summed E-state index contributed by atoms with van der Waals surface area (Å²) in [5.41, 5.74) is 0. The zero-order valence-electron chi connectivity index (χ0n) is 16.1. The number of ether oxygens (including phenoxy) is 6. The van der Waals surface area contributed by atoms with Crippen LogP contribution in [0.15, 0.2) is 11.8 Å². The molecule has 0 amide bonds. The molecule has 4 unspecified atom stereocenters. The van der Waals surface area contributed by atoms with E-state index in [9.17, 15) is 24.0 Å². The van der Waals surface area contributed by atoms with Gasteiger partial charge in [-0.3, -0.25) is 19.2 Å². The monoisotopic (exact) mass is 402 g/mol. The molecule has 156 valence electrons. The molecule has 0 aromatic carbocycles. The molecule has 0 aromatic heterocycles. The average molecular weight is 402 g/mol. The molecule has 0 aromatic rings. The van der Waals surface area contributed by atoms with Gasteiger partial charge >= 0.3 is 29.8 Å². The molecule has 28 heavy (non-hydrogen) atoms. The van der Waals surface area contributed by atoms with E-state index in [0.29, 0.717) is 0 Å². The van der Waals surface area contributed by atoms with E-state index in [0.717, 1.165) is 40.9 Å². The number of esters is 5. The second-order valence-electron chi connectivity index (χ2n) is 5.70. The second-order valence-corrected chi connectivity index (χ2v) is 5.70. The van der Waals surface area contributed by atoms with Crippen LogP contribution in [0.25, 0.3) is 0 Å². The Bertz CT molecular complexity index is 666. The molecule has 11 nitrogen and oxygen atoms in total. The van der Waals surface area contributed by atoms with Crippen molar-refractivity contribution in [3.8, 4) is 0 Å². The summed E-state index contributed by atoms with van der Waals surface area (Å²) in [4.78, 5) is 57.6. The molecule has 1 heterocycles. The normalized spacial score (nSPS) is 21.9. The predicted molar refractivity (Wildman–Crippen MR) is 88.3 cm³/mol. The number of methoxy groups -OCH3 is 1. The van der Waals surface area contributed by atoms with E-state index in [1.165, 1.54) is 0 Å². The first-order valence-corrected chi connectivity index (χ1v) is 8.17. The Kier molecular flexibility index (Phi) is 8.42.